The van der Waals surface area contributed by atoms with E-state index in [2.05, 4.69) is 31.1 Å². The number of hydrogen-bond acceptors (Lipinski definition) is 3. The number of amides is 1. The minimum Gasteiger partial charge on any atom is -0.355 e. The number of carbonyl (C=O) groups excluding carboxylic acids is 1. The van der Waals surface area contributed by atoms with Gasteiger partial charge in [0.05, 0.1) is 11.0 Å². The Morgan fingerprint density at radius 2 is 2.26 bits per heavy atom. The molecule has 0 atom stereocenters. The van der Waals surface area contributed by atoms with Crippen molar-refractivity contribution >= 4 is 27.7 Å². The highest BCUT2D eigenvalue weighted by atomic mass is 79.9. The first kappa shape index (κ1) is 14.2. The van der Waals surface area contributed by atoms with E-state index in [9.17, 15) is 9.18 Å². The van der Waals surface area contributed by atoms with E-state index < -0.39 is 5.67 Å². The number of carbonyl (C=O) groups is 1. The van der Waals surface area contributed by atoms with E-state index in [1.54, 1.807) is 6.20 Å². The van der Waals surface area contributed by atoms with E-state index in [1.165, 1.54) is 6.92 Å². The van der Waals surface area contributed by atoms with Crippen LogP contribution in [0.25, 0.3) is 0 Å². The van der Waals surface area contributed by atoms with E-state index in [4.69, 9.17) is 0 Å². The Hall–Kier alpha value is -1.17. The van der Waals surface area contributed by atoms with Crippen LogP contribution in [0.4, 0.5) is 10.2 Å². The van der Waals surface area contributed by atoms with Gasteiger partial charge in [0.1, 0.15) is 11.5 Å². The first-order chi connectivity index (χ1) is 9.00. The van der Waals surface area contributed by atoms with Crippen molar-refractivity contribution in [3.05, 3.63) is 22.8 Å². The fourth-order valence-corrected chi connectivity index (χ4v) is 2.69. The lowest BCUT2D eigenvalue weighted by Gasteiger charge is -2.37. The van der Waals surface area contributed by atoms with Gasteiger partial charge >= 0.3 is 0 Å². The minimum absolute atomic E-state index is 0.0968. The van der Waals surface area contributed by atoms with Gasteiger partial charge in [-0.05, 0) is 28.1 Å². The maximum absolute atomic E-state index is 14.4. The summed E-state index contributed by atoms with van der Waals surface area (Å²) in [6.45, 7) is 2.71. The Balaban J connectivity index is 1.95. The molecule has 1 N–H and O–H groups in total. The number of rotatable bonds is 3. The Kier molecular flexibility index (Phi) is 4.39. The van der Waals surface area contributed by atoms with Gasteiger partial charge in [0.2, 0.25) is 5.91 Å². The van der Waals surface area contributed by atoms with Gasteiger partial charge in [-0.15, -0.1) is 0 Å². The molecule has 1 aromatic rings. The zero-order valence-corrected chi connectivity index (χ0v) is 12.4. The molecule has 6 heteroatoms. The molecule has 1 amide bonds. The number of nitrogens with zero attached hydrogens (tertiary/aromatic N) is 2. The van der Waals surface area contributed by atoms with Crippen molar-refractivity contribution in [2.75, 3.05) is 24.5 Å². The van der Waals surface area contributed by atoms with Crippen molar-refractivity contribution in [3.63, 3.8) is 0 Å². The van der Waals surface area contributed by atoms with E-state index in [0.29, 0.717) is 25.9 Å². The van der Waals surface area contributed by atoms with Crippen LogP contribution in [0, 0.1) is 0 Å². The molecule has 0 saturated carbocycles. The first-order valence-corrected chi connectivity index (χ1v) is 7.08. The van der Waals surface area contributed by atoms with Crippen molar-refractivity contribution in [3.8, 4) is 0 Å². The Bertz CT molecular complexity index is 461. The van der Waals surface area contributed by atoms with Gasteiger partial charge in [0.15, 0.2) is 0 Å². The Morgan fingerprint density at radius 1 is 1.58 bits per heavy atom. The highest BCUT2D eigenvalue weighted by molar-refractivity contribution is 9.10. The largest absolute Gasteiger partial charge is 0.355 e. The van der Waals surface area contributed by atoms with E-state index in [-0.39, 0.29) is 12.5 Å². The number of nitrogens with one attached hydrogen (secondary N) is 1. The average molecular weight is 330 g/mol. The van der Waals surface area contributed by atoms with Crippen molar-refractivity contribution in [1.82, 2.24) is 10.3 Å². The molecule has 0 bridgehead atoms. The van der Waals surface area contributed by atoms with Crippen LogP contribution in [0.2, 0.25) is 0 Å². The zero-order valence-electron chi connectivity index (χ0n) is 10.8. The molecule has 1 aromatic heterocycles. The van der Waals surface area contributed by atoms with Crippen LogP contribution in [0.5, 0.6) is 0 Å². The molecule has 0 aromatic carbocycles. The van der Waals surface area contributed by atoms with Crippen molar-refractivity contribution in [2.24, 2.45) is 0 Å². The molecule has 1 aliphatic heterocycles. The van der Waals surface area contributed by atoms with Crippen LogP contribution >= 0.6 is 15.9 Å². The number of aromatic nitrogens is 1. The summed E-state index contributed by atoms with van der Waals surface area (Å²) in [7, 11) is 0. The average Bonchev–Trinajstić information content (AvgIpc) is 2.39. The predicted molar refractivity (Wildman–Crippen MR) is 75.9 cm³/mol. The molecule has 1 aliphatic rings. The lowest BCUT2D eigenvalue weighted by molar-refractivity contribution is -0.119. The first-order valence-electron chi connectivity index (χ1n) is 6.29. The Labute approximate surface area is 120 Å². The SMILES string of the molecule is CC(=O)NCC1(F)CCN(c2ncccc2Br)CC1. The quantitative estimate of drug-likeness (QED) is 0.925. The number of alkyl halides is 1. The van der Waals surface area contributed by atoms with Gasteiger partial charge in [-0.25, -0.2) is 9.37 Å². The standard InChI is InChI=1S/C13H17BrFN3O/c1-10(19)17-9-13(15)4-7-18(8-5-13)12-11(14)3-2-6-16-12/h2-3,6H,4-5,7-9H2,1H3,(H,17,19). The van der Waals surface area contributed by atoms with Crippen molar-refractivity contribution < 1.29 is 9.18 Å². The number of halogens is 2. The van der Waals surface area contributed by atoms with Crippen LogP contribution in [0.1, 0.15) is 19.8 Å². The molecule has 1 saturated heterocycles. The van der Waals surface area contributed by atoms with Crippen LogP contribution in [0.15, 0.2) is 22.8 Å². The third-order valence-electron chi connectivity index (χ3n) is 3.35. The molecule has 0 aliphatic carbocycles. The van der Waals surface area contributed by atoms with E-state index in [0.717, 1.165) is 10.3 Å². The normalized spacial score (nSPS) is 18.2. The molecule has 1 fully saturated rings. The maximum Gasteiger partial charge on any atom is 0.216 e. The number of anilines is 1. The molecule has 2 rings (SSSR count). The lowest BCUT2D eigenvalue weighted by atomic mass is 9.93. The summed E-state index contributed by atoms with van der Waals surface area (Å²) in [6.07, 6.45) is 2.53. The van der Waals surface area contributed by atoms with Crippen LogP contribution in [0.3, 0.4) is 0 Å². The van der Waals surface area contributed by atoms with Gasteiger partial charge in [-0.1, -0.05) is 0 Å². The van der Waals surface area contributed by atoms with E-state index >= 15 is 0 Å². The number of hydrogen-bond donors (Lipinski definition) is 1. The molecule has 0 radical (unpaired) electrons. The fraction of sp³-hybridized carbons (Fsp3) is 0.538. The monoisotopic (exact) mass is 329 g/mol. The van der Waals surface area contributed by atoms with Crippen molar-refractivity contribution in [2.45, 2.75) is 25.4 Å². The second-order valence-electron chi connectivity index (χ2n) is 4.86. The van der Waals surface area contributed by atoms with Gasteiger partial charge < -0.3 is 10.2 Å². The molecular formula is C13H17BrFN3O. The summed E-state index contributed by atoms with van der Waals surface area (Å²) in [5.74, 6) is 0.663. The van der Waals surface area contributed by atoms with Crippen molar-refractivity contribution in [1.29, 1.82) is 0 Å². The second kappa shape index (κ2) is 5.86. The topological polar surface area (TPSA) is 45.2 Å². The molecular weight excluding hydrogens is 313 g/mol. The van der Waals surface area contributed by atoms with Crippen LogP contribution in [-0.4, -0.2) is 36.2 Å². The highest BCUT2D eigenvalue weighted by Gasteiger charge is 2.35. The zero-order chi connectivity index (χ0) is 13.9. The number of piperidine rings is 1. The smallest absolute Gasteiger partial charge is 0.216 e. The number of pyridine rings is 1. The summed E-state index contributed by atoms with van der Waals surface area (Å²) in [5, 5.41) is 2.56. The van der Waals surface area contributed by atoms with Gasteiger partial charge in [0.25, 0.3) is 0 Å². The summed E-state index contributed by atoms with van der Waals surface area (Å²) in [5.41, 5.74) is -1.30. The molecule has 0 spiro atoms. The molecule has 4 nitrogen and oxygen atoms in total. The molecule has 104 valence electrons. The molecule has 2 heterocycles. The Morgan fingerprint density at radius 3 is 2.84 bits per heavy atom. The third-order valence-corrected chi connectivity index (χ3v) is 3.97. The maximum atomic E-state index is 14.4. The highest BCUT2D eigenvalue weighted by Crippen LogP contribution is 2.31. The van der Waals surface area contributed by atoms with Gasteiger partial charge in [0, 0.05) is 39.1 Å². The molecule has 0 unspecified atom stereocenters. The molecule has 19 heavy (non-hydrogen) atoms. The summed E-state index contributed by atoms with van der Waals surface area (Å²) in [4.78, 5) is 17.2. The second-order valence-corrected chi connectivity index (χ2v) is 5.71. The third kappa shape index (κ3) is 3.65. The summed E-state index contributed by atoms with van der Waals surface area (Å²) >= 11 is 3.46. The summed E-state index contributed by atoms with van der Waals surface area (Å²) in [6, 6.07) is 3.78. The van der Waals surface area contributed by atoms with Gasteiger partial charge in [-0.3, -0.25) is 4.79 Å². The fourth-order valence-electron chi connectivity index (χ4n) is 2.19. The predicted octanol–water partition coefficient (Wildman–Crippen LogP) is 2.29. The van der Waals surface area contributed by atoms with Gasteiger partial charge in [-0.2, -0.15) is 0 Å². The lowest BCUT2D eigenvalue weighted by Crippen LogP contribution is -2.48. The van der Waals surface area contributed by atoms with Crippen LogP contribution < -0.4 is 10.2 Å². The minimum atomic E-state index is -1.30. The van der Waals surface area contributed by atoms with E-state index in [1.807, 2.05) is 12.1 Å². The summed E-state index contributed by atoms with van der Waals surface area (Å²) < 4.78 is 15.4. The van der Waals surface area contributed by atoms with Crippen LogP contribution in [-0.2, 0) is 4.79 Å².